The van der Waals surface area contributed by atoms with Crippen LogP contribution in [-0.4, -0.2) is 41.7 Å². The molecule has 0 saturated carbocycles. The molecule has 2 saturated heterocycles. The Balaban J connectivity index is 1.62. The molecular formula is C17H26N2OS. The fraction of sp³-hybridized carbons (Fsp3) is 0.647. The highest BCUT2D eigenvalue weighted by atomic mass is 32.2. The summed E-state index contributed by atoms with van der Waals surface area (Å²) in [6.07, 6.45) is 4.78. The Morgan fingerprint density at radius 1 is 1.38 bits per heavy atom. The summed E-state index contributed by atoms with van der Waals surface area (Å²) in [5.74, 6) is 2.51. The highest BCUT2D eigenvalue weighted by Crippen LogP contribution is 2.38. The molecule has 4 heteroatoms. The average Bonchev–Trinajstić information content (AvgIpc) is 2.48. The van der Waals surface area contributed by atoms with Crippen molar-refractivity contribution in [1.29, 1.82) is 0 Å². The van der Waals surface area contributed by atoms with E-state index in [0.29, 0.717) is 6.04 Å². The highest BCUT2D eigenvalue weighted by molar-refractivity contribution is 7.99. The summed E-state index contributed by atoms with van der Waals surface area (Å²) in [5, 5.41) is 0. The summed E-state index contributed by atoms with van der Waals surface area (Å²) >= 11 is 2.07. The monoisotopic (exact) mass is 306 g/mol. The van der Waals surface area contributed by atoms with Crippen molar-refractivity contribution in [2.75, 3.05) is 30.9 Å². The van der Waals surface area contributed by atoms with Gasteiger partial charge in [-0.1, -0.05) is 12.1 Å². The summed E-state index contributed by atoms with van der Waals surface area (Å²) in [4.78, 5) is 2.49. The van der Waals surface area contributed by atoms with Gasteiger partial charge in [0, 0.05) is 24.9 Å². The number of hydrogen-bond acceptors (Lipinski definition) is 4. The van der Waals surface area contributed by atoms with Crippen LogP contribution < -0.4 is 5.73 Å². The topological polar surface area (TPSA) is 38.5 Å². The first-order chi connectivity index (χ1) is 10.2. The average molecular weight is 306 g/mol. The molecule has 2 fully saturated rings. The van der Waals surface area contributed by atoms with Gasteiger partial charge in [-0.25, -0.2) is 0 Å². The minimum atomic E-state index is 0.165. The molecule has 2 N–H and O–H groups in total. The maximum absolute atomic E-state index is 6.20. The largest absolute Gasteiger partial charge is 0.399 e. The maximum Gasteiger partial charge on any atom is 0.0713 e. The predicted molar refractivity (Wildman–Crippen MR) is 90.6 cm³/mol. The standard InChI is InChI=1S/C17H26N2OS/c1-19(13-14-3-2-4-15(18)11-14)16-5-8-20-17(12-16)6-9-21-10-7-17/h2-4,11,16H,5-10,12-13,18H2,1H3. The molecule has 2 aliphatic rings. The molecule has 116 valence electrons. The van der Waals surface area contributed by atoms with E-state index in [-0.39, 0.29) is 5.60 Å². The van der Waals surface area contributed by atoms with Crippen molar-refractivity contribution >= 4 is 17.4 Å². The van der Waals surface area contributed by atoms with Gasteiger partial charge >= 0.3 is 0 Å². The Hall–Kier alpha value is -0.710. The van der Waals surface area contributed by atoms with Crippen LogP contribution in [0.2, 0.25) is 0 Å². The van der Waals surface area contributed by atoms with Crippen LogP contribution in [0.3, 0.4) is 0 Å². The number of thioether (sulfide) groups is 1. The molecule has 1 aromatic rings. The van der Waals surface area contributed by atoms with Gasteiger partial charge in [-0.15, -0.1) is 0 Å². The molecular weight excluding hydrogens is 280 g/mol. The predicted octanol–water partition coefficient (Wildman–Crippen LogP) is 3.15. The molecule has 2 heterocycles. The van der Waals surface area contributed by atoms with Crippen LogP contribution in [0.15, 0.2) is 24.3 Å². The first-order valence-electron chi connectivity index (χ1n) is 7.93. The lowest BCUT2D eigenvalue weighted by Gasteiger charge is -2.45. The third-order valence-electron chi connectivity index (χ3n) is 4.88. The van der Waals surface area contributed by atoms with E-state index in [9.17, 15) is 0 Å². The lowest BCUT2D eigenvalue weighted by atomic mass is 9.85. The number of nitrogens with two attached hydrogens (primary N) is 1. The fourth-order valence-corrected chi connectivity index (χ4v) is 4.82. The number of nitrogens with zero attached hydrogens (tertiary/aromatic N) is 1. The van der Waals surface area contributed by atoms with Crippen LogP contribution in [0.1, 0.15) is 31.2 Å². The molecule has 0 aliphatic carbocycles. The second-order valence-corrected chi connectivity index (χ2v) is 7.68. The van der Waals surface area contributed by atoms with Gasteiger partial charge in [0.1, 0.15) is 0 Å². The fourth-order valence-electron chi connectivity index (χ4n) is 3.58. The Morgan fingerprint density at radius 2 is 2.19 bits per heavy atom. The molecule has 1 aromatic carbocycles. The Morgan fingerprint density at radius 3 is 2.95 bits per heavy atom. The van der Waals surface area contributed by atoms with E-state index in [1.54, 1.807) is 0 Å². The highest BCUT2D eigenvalue weighted by Gasteiger charge is 2.39. The van der Waals surface area contributed by atoms with Crippen LogP contribution in [0, 0.1) is 0 Å². The Labute approximate surface area is 132 Å². The van der Waals surface area contributed by atoms with Crippen molar-refractivity contribution < 1.29 is 4.74 Å². The van der Waals surface area contributed by atoms with E-state index in [1.807, 2.05) is 12.1 Å². The normalized spacial score (nSPS) is 25.3. The van der Waals surface area contributed by atoms with Crippen LogP contribution >= 0.6 is 11.8 Å². The minimum Gasteiger partial charge on any atom is -0.399 e. The second kappa shape index (κ2) is 6.59. The van der Waals surface area contributed by atoms with Gasteiger partial charge in [-0.2, -0.15) is 11.8 Å². The second-order valence-electron chi connectivity index (χ2n) is 6.45. The zero-order valence-electron chi connectivity index (χ0n) is 12.9. The molecule has 3 nitrogen and oxygen atoms in total. The Kier molecular flexibility index (Phi) is 4.77. The van der Waals surface area contributed by atoms with Crippen molar-refractivity contribution in [2.24, 2.45) is 0 Å². The van der Waals surface area contributed by atoms with Crippen LogP contribution in [0.4, 0.5) is 5.69 Å². The van der Waals surface area contributed by atoms with Gasteiger partial charge in [0.05, 0.1) is 5.60 Å². The zero-order valence-corrected chi connectivity index (χ0v) is 13.7. The van der Waals surface area contributed by atoms with E-state index in [2.05, 4.69) is 35.8 Å². The van der Waals surface area contributed by atoms with Gasteiger partial charge in [0.2, 0.25) is 0 Å². The zero-order chi connectivity index (χ0) is 14.7. The van der Waals surface area contributed by atoms with Crippen LogP contribution in [0.25, 0.3) is 0 Å². The van der Waals surface area contributed by atoms with E-state index >= 15 is 0 Å². The molecule has 1 atom stereocenters. The summed E-state index contributed by atoms with van der Waals surface area (Å²) in [7, 11) is 2.24. The maximum atomic E-state index is 6.20. The number of rotatable bonds is 3. The molecule has 2 aliphatic heterocycles. The number of benzene rings is 1. The lowest BCUT2D eigenvalue weighted by Crippen LogP contribution is -2.49. The van der Waals surface area contributed by atoms with E-state index in [4.69, 9.17) is 10.5 Å². The molecule has 1 spiro atoms. The summed E-state index contributed by atoms with van der Waals surface area (Å²) in [6.45, 7) is 1.89. The molecule has 0 bridgehead atoms. The lowest BCUT2D eigenvalue weighted by molar-refractivity contribution is -0.108. The molecule has 0 amide bonds. The van der Waals surface area contributed by atoms with Crippen LogP contribution in [-0.2, 0) is 11.3 Å². The number of anilines is 1. The molecule has 0 radical (unpaired) electrons. The van der Waals surface area contributed by atoms with Gasteiger partial charge in [-0.05, 0) is 61.9 Å². The van der Waals surface area contributed by atoms with Crippen LogP contribution in [0.5, 0.6) is 0 Å². The summed E-state index contributed by atoms with van der Waals surface area (Å²) in [6, 6.07) is 8.88. The quantitative estimate of drug-likeness (QED) is 0.871. The first kappa shape index (κ1) is 15.2. The molecule has 1 unspecified atom stereocenters. The number of nitrogen functional groups attached to an aromatic ring is 1. The smallest absolute Gasteiger partial charge is 0.0713 e. The van der Waals surface area contributed by atoms with Crippen molar-refractivity contribution in [2.45, 2.75) is 43.9 Å². The number of hydrogen-bond donors (Lipinski definition) is 1. The molecule has 0 aromatic heterocycles. The van der Waals surface area contributed by atoms with Crippen molar-refractivity contribution in [3.8, 4) is 0 Å². The van der Waals surface area contributed by atoms with Gasteiger partial charge in [0.25, 0.3) is 0 Å². The van der Waals surface area contributed by atoms with Crippen molar-refractivity contribution in [3.63, 3.8) is 0 Å². The SMILES string of the molecule is CN(Cc1cccc(N)c1)C1CCOC2(CCSCC2)C1. The van der Waals surface area contributed by atoms with Gasteiger partial charge < -0.3 is 10.5 Å². The summed E-state index contributed by atoms with van der Waals surface area (Å²) < 4.78 is 6.20. The minimum absolute atomic E-state index is 0.165. The molecule has 21 heavy (non-hydrogen) atoms. The summed E-state index contributed by atoms with van der Waals surface area (Å²) in [5.41, 5.74) is 8.21. The van der Waals surface area contributed by atoms with Gasteiger partial charge in [0.15, 0.2) is 0 Å². The van der Waals surface area contributed by atoms with Gasteiger partial charge in [-0.3, -0.25) is 4.90 Å². The number of ether oxygens (including phenoxy) is 1. The third kappa shape index (κ3) is 3.74. The van der Waals surface area contributed by atoms with Crippen molar-refractivity contribution in [1.82, 2.24) is 4.90 Å². The third-order valence-corrected chi connectivity index (χ3v) is 5.86. The van der Waals surface area contributed by atoms with E-state index < -0.39 is 0 Å². The molecule has 3 rings (SSSR count). The van der Waals surface area contributed by atoms with E-state index in [0.717, 1.165) is 25.3 Å². The first-order valence-corrected chi connectivity index (χ1v) is 9.09. The van der Waals surface area contributed by atoms with E-state index in [1.165, 1.54) is 36.3 Å². The van der Waals surface area contributed by atoms with Crippen molar-refractivity contribution in [3.05, 3.63) is 29.8 Å². The Bertz CT molecular complexity index is 468.